The smallest absolute Gasteiger partial charge is 0.310 e. The average molecular weight is 278 g/mol. The van der Waals surface area contributed by atoms with Crippen LogP contribution < -0.4 is 10.1 Å². The second-order valence-corrected chi connectivity index (χ2v) is 4.64. The Hall–Kier alpha value is -2.44. The summed E-state index contributed by atoms with van der Waals surface area (Å²) < 4.78 is 5.14. The fraction of sp³-hybridized carbons (Fsp3) is 0.385. The van der Waals surface area contributed by atoms with Crippen molar-refractivity contribution >= 4 is 17.9 Å². The number of amides is 1. The van der Waals surface area contributed by atoms with Crippen molar-refractivity contribution in [1.29, 1.82) is 0 Å². The van der Waals surface area contributed by atoms with Crippen LogP contribution in [0.25, 0.3) is 0 Å². The zero-order chi connectivity index (χ0) is 14.5. The zero-order valence-electron chi connectivity index (χ0n) is 10.7. The van der Waals surface area contributed by atoms with Crippen molar-refractivity contribution in [3.63, 3.8) is 0 Å². The molecule has 0 atom stereocenters. The Morgan fingerprint density at radius 3 is 2.85 bits per heavy atom. The number of carbonyl (C=O) groups is 2. The van der Waals surface area contributed by atoms with E-state index in [-0.39, 0.29) is 29.5 Å². The van der Waals surface area contributed by atoms with Gasteiger partial charge in [0, 0.05) is 18.2 Å². The second kappa shape index (κ2) is 6.14. The maximum absolute atomic E-state index is 11.5. The van der Waals surface area contributed by atoms with Gasteiger partial charge in [0.15, 0.2) is 12.4 Å². The monoisotopic (exact) mass is 278 g/mol. The van der Waals surface area contributed by atoms with Gasteiger partial charge in [-0.2, -0.15) is 0 Å². The molecular formula is C13H14N2O5. The van der Waals surface area contributed by atoms with E-state index in [1.54, 1.807) is 0 Å². The first-order valence-corrected chi connectivity index (χ1v) is 6.23. The van der Waals surface area contributed by atoms with Crippen LogP contribution in [0.15, 0.2) is 18.2 Å². The van der Waals surface area contributed by atoms with Crippen molar-refractivity contribution in [2.75, 3.05) is 13.2 Å². The number of benzene rings is 1. The SMILES string of the molecule is O=Cc1ccc([N+](=O)[O-])c(OCC(=O)NCC2CC2)c1. The molecule has 0 heterocycles. The number of carbonyl (C=O) groups excluding carboxylic acids is 2. The first kappa shape index (κ1) is 14.0. The van der Waals surface area contributed by atoms with Gasteiger partial charge < -0.3 is 10.1 Å². The molecule has 1 aromatic rings. The van der Waals surface area contributed by atoms with Gasteiger partial charge in [-0.25, -0.2) is 0 Å². The largest absolute Gasteiger partial charge is 0.477 e. The van der Waals surface area contributed by atoms with Crippen LogP contribution in [0.5, 0.6) is 5.75 Å². The van der Waals surface area contributed by atoms with Crippen LogP contribution in [0.4, 0.5) is 5.69 Å². The van der Waals surface area contributed by atoms with E-state index in [0.29, 0.717) is 18.7 Å². The molecule has 7 nitrogen and oxygen atoms in total. The molecule has 1 amide bonds. The number of ether oxygens (including phenoxy) is 1. The maximum atomic E-state index is 11.5. The van der Waals surface area contributed by atoms with Crippen LogP contribution in [-0.2, 0) is 4.79 Å². The molecule has 1 aliphatic rings. The number of hydrogen-bond acceptors (Lipinski definition) is 5. The van der Waals surface area contributed by atoms with E-state index in [9.17, 15) is 19.7 Å². The van der Waals surface area contributed by atoms with Gasteiger partial charge in [-0.3, -0.25) is 19.7 Å². The Kier molecular flexibility index (Phi) is 4.29. The first-order valence-electron chi connectivity index (χ1n) is 6.23. The number of aldehydes is 1. The minimum absolute atomic E-state index is 0.0822. The van der Waals surface area contributed by atoms with Crippen LogP contribution in [0.2, 0.25) is 0 Å². The summed E-state index contributed by atoms with van der Waals surface area (Å²) in [6, 6.07) is 3.76. The lowest BCUT2D eigenvalue weighted by atomic mass is 10.2. The lowest BCUT2D eigenvalue weighted by molar-refractivity contribution is -0.385. The number of nitro groups is 1. The van der Waals surface area contributed by atoms with Gasteiger partial charge in [-0.1, -0.05) is 0 Å². The fourth-order valence-electron chi connectivity index (χ4n) is 1.64. The van der Waals surface area contributed by atoms with Gasteiger partial charge in [0.05, 0.1) is 4.92 Å². The second-order valence-electron chi connectivity index (χ2n) is 4.64. The van der Waals surface area contributed by atoms with E-state index in [1.807, 2.05) is 0 Å². The number of hydrogen-bond donors (Lipinski definition) is 1. The van der Waals surface area contributed by atoms with E-state index in [4.69, 9.17) is 4.74 Å². The Balaban J connectivity index is 1.97. The molecule has 1 saturated carbocycles. The van der Waals surface area contributed by atoms with Crippen LogP contribution >= 0.6 is 0 Å². The summed E-state index contributed by atoms with van der Waals surface area (Å²) in [5.41, 5.74) is -0.0189. The molecule has 0 aliphatic heterocycles. The predicted molar refractivity (Wildman–Crippen MR) is 69.7 cm³/mol. The summed E-state index contributed by atoms with van der Waals surface area (Å²) in [5.74, 6) is 0.135. The Labute approximate surface area is 115 Å². The van der Waals surface area contributed by atoms with E-state index in [1.165, 1.54) is 18.2 Å². The van der Waals surface area contributed by atoms with E-state index < -0.39 is 4.92 Å². The Bertz CT molecular complexity index is 540. The van der Waals surface area contributed by atoms with E-state index >= 15 is 0 Å². The van der Waals surface area contributed by atoms with Crippen LogP contribution in [0.3, 0.4) is 0 Å². The Morgan fingerprint density at radius 1 is 1.50 bits per heavy atom. The molecule has 106 valence electrons. The van der Waals surface area contributed by atoms with Crippen molar-refractivity contribution in [2.24, 2.45) is 5.92 Å². The minimum Gasteiger partial charge on any atom is -0.477 e. The van der Waals surface area contributed by atoms with Crippen molar-refractivity contribution < 1.29 is 19.2 Å². The molecular weight excluding hydrogens is 264 g/mol. The standard InChI is InChI=1S/C13H14N2O5/c16-7-10-3-4-11(15(18)19)12(5-10)20-8-13(17)14-6-9-1-2-9/h3-5,7,9H,1-2,6,8H2,(H,14,17). The quantitative estimate of drug-likeness (QED) is 0.460. The average Bonchev–Trinajstić information content (AvgIpc) is 3.26. The molecule has 0 bridgehead atoms. The van der Waals surface area contributed by atoms with Gasteiger partial charge in [0.2, 0.25) is 0 Å². The lowest BCUT2D eigenvalue weighted by Crippen LogP contribution is -2.30. The topological polar surface area (TPSA) is 98.5 Å². The molecule has 1 aliphatic carbocycles. The highest BCUT2D eigenvalue weighted by Gasteiger charge is 2.22. The van der Waals surface area contributed by atoms with Crippen LogP contribution in [0.1, 0.15) is 23.2 Å². The van der Waals surface area contributed by atoms with Crippen molar-refractivity contribution in [2.45, 2.75) is 12.8 Å². The normalized spacial score (nSPS) is 13.6. The molecule has 0 spiro atoms. The molecule has 2 rings (SSSR count). The van der Waals surface area contributed by atoms with Crippen molar-refractivity contribution in [3.8, 4) is 5.75 Å². The highest BCUT2D eigenvalue weighted by molar-refractivity contribution is 5.79. The third kappa shape index (κ3) is 3.78. The lowest BCUT2D eigenvalue weighted by Gasteiger charge is -2.07. The maximum Gasteiger partial charge on any atom is 0.310 e. The summed E-state index contributed by atoms with van der Waals surface area (Å²) in [6.45, 7) is 0.300. The van der Waals surface area contributed by atoms with Gasteiger partial charge in [0.1, 0.15) is 6.29 Å². The first-order chi connectivity index (χ1) is 9.60. The van der Waals surface area contributed by atoms with Gasteiger partial charge in [-0.15, -0.1) is 0 Å². The number of nitrogens with zero attached hydrogens (tertiary/aromatic N) is 1. The van der Waals surface area contributed by atoms with Crippen molar-refractivity contribution in [3.05, 3.63) is 33.9 Å². The molecule has 1 aromatic carbocycles. The number of nitro benzene ring substituents is 1. The van der Waals surface area contributed by atoms with Crippen LogP contribution in [-0.4, -0.2) is 30.3 Å². The Morgan fingerprint density at radius 2 is 2.25 bits per heavy atom. The molecule has 20 heavy (non-hydrogen) atoms. The molecule has 0 radical (unpaired) electrons. The predicted octanol–water partition coefficient (Wildman–Crippen LogP) is 1.31. The van der Waals surface area contributed by atoms with E-state index in [0.717, 1.165) is 12.8 Å². The molecule has 7 heteroatoms. The highest BCUT2D eigenvalue weighted by atomic mass is 16.6. The summed E-state index contributed by atoms with van der Waals surface area (Å²) >= 11 is 0. The fourth-order valence-corrected chi connectivity index (χ4v) is 1.64. The highest BCUT2D eigenvalue weighted by Crippen LogP contribution is 2.28. The van der Waals surface area contributed by atoms with Gasteiger partial charge in [-0.05, 0) is 30.9 Å². The zero-order valence-corrected chi connectivity index (χ0v) is 10.7. The molecule has 1 N–H and O–H groups in total. The van der Waals surface area contributed by atoms with Crippen molar-refractivity contribution in [1.82, 2.24) is 5.32 Å². The summed E-state index contributed by atoms with van der Waals surface area (Å²) in [6.07, 6.45) is 2.80. The molecule has 0 unspecified atom stereocenters. The molecule has 0 saturated heterocycles. The number of nitrogens with one attached hydrogen (secondary N) is 1. The summed E-state index contributed by atoms with van der Waals surface area (Å²) in [7, 11) is 0. The van der Waals surface area contributed by atoms with Gasteiger partial charge >= 0.3 is 5.69 Å². The minimum atomic E-state index is -0.619. The van der Waals surface area contributed by atoms with E-state index in [2.05, 4.69) is 5.32 Å². The molecule has 1 fully saturated rings. The van der Waals surface area contributed by atoms with Crippen LogP contribution in [0, 0.1) is 16.0 Å². The summed E-state index contributed by atoms with van der Waals surface area (Å²) in [4.78, 5) is 32.4. The number of rotatable bonds is 7. The third-order valence-electron chi connectivity index (χ3n) is 2.96. The third-order valence-corrected chi connectivity index (χ3v) is 2.96. The van der Waals surface area contributed by atoms with Gasteiger partial charge in [0.25, 0.3) is 5.91 Å². The summed E-state index contributed by atoms with van der Waals surface area (Å²) in [5, 5.41) is 13.5. The molecule has 0 aromatic heterocycles.